The molecule has 3 heteroatoms. The van der Waals surface area contributed by atoms with E-state index in [1.165, 1.54) is 0 Å². The number of carbonyl (C=O) groups is 1. The smallest absolute Gasteiger partial charge is 0.143 e. The number of ether oxygens (including phenoxy) is 1. The molecule has 1 aliphatic heterocycles. The highest BCUT2D eigenvalue weighted by Gasteiger charge is 2.27. The maximum absolute atomic E-state index is 10.8. The standard InChI is InChI=1S/C9H17NO2/c1-8(11)6-10-4-5-12-9(2,3)7-10/h4-7H2,1-3H3. The van der Waals surface area contributed by atoms with Gasteiger partial charge >= 0.3 is 0 Å². The molecule has 0 atom stereocenters. The zero-order valence-electron chi connectivity index (χ0n) is 8.09. The lowest BCUT2D eigenvalue weighted by molar-refractivity contribution is -0.123. The Morgan fingerprint density at radius 3 is 2.75 bits per heavy atom. The number of morpholine rings is 1. The van der Waals surface area contributed by atoms with Crippen molar-refractivity contribution in [2.75, 3.05) is 26.2 Å². The van der Waals surface area contributed by atoms with E-state index >= 15 is 0 Å². The quantitative estimate of drug-likeness (QED) is 0.612. The normalized spacial score (nSPS) is 23.9. The van der Waals surface area contributed by atoms with Gasteiger partial charge in [-0.15, -0.1) is 0 Å². The minimum Gasteiger partial charge on any atom is -0.373 e. The van der Waals surface area contributed by atoms with E-state index in [1.807, 2.05) is 0 Å². The molecule has 0 aromatic heterocycles. The highest BCUT2D eigenvalue weighted by Crippen LogP contribution is 2.15. The van der Waals surface area contributed by atoms with Crippen LogP contribution in [0.3, 0.4) is 0 Å². The Morgan fingerprint density at radius 1 is 1.58 bits per heavy atom. The lowest BCUT2D eigenvalue weighted by Gasteiger charge is -2.37. The van der Waals surface area contributed by atoms with Crippen LogP contribution in [0, 0.1) is 0 Å². The van der Waals surface area contributed by atoms with Crippen molar-refractivity contribution in [3.8, 4) is 0 Å². The van der Waals surface area contributed by atoms with E-state index in [9.17, 15) is 4.79 Å². The Balaban J connectivity index is 2.41. The molecule has 1 rings (SSSR count). The molecule has 0 aliphatic carbocycles. The fraction of sp³-hybridized carbons (Fsp3) is 0.889. The first kappa shape index (κ1) is 9.68. The average Bonchev–Trinajstić information content (AvgIpc) is 1.82. The minimum atomic E-state index is -0.0896. The maximum Gasteiger partial charge on any atom is 0.143 e. The van der Waals surface area contributed by atoms with Crippen LogP contribution in [-0.4, -0.2) is 42.5 Å². The van der Waals surface area contributed by atoms with Gasteiger partial charge in [-0.3, -0.25) is 9.69 Å². The van der Waals surface area contributed by atoms with Gasteiger partial charge in [-0.05, 0) is 20.8 Å². The van der Waals surface area contributed by atoms with Crippen molar-refractivity contribution in [1.82, 2.24) is 4.90 Å². The summed E-state index contributed by atoms with van der Waals surface area (Å²) in [4.78, 5) is 13.0. The maximum atomic E-state index is 10.8. The summed E-state index contributed by atoms with van der Waals surface area (Å²) in [5.41, 5.74) is -0.0896. The van der Waals surface area contributed by atoms with E-state index in [2.05, 4.69) is 18.7 Å². The summed E-state index contributed by atoms with van der Waals surface area (Å²) in [6.07, 6.45) is 0. The van der Waals surface area contributed by atoms with Crippen LogP contribution in [0.1, 0.15) is 20.8 Å². The molecule has 0 radical (unpaired) electrons. The van der Waals surface area contributed by atoms with Crippen molar-refractivity contribution in [3.63, 3.8) is 0 Å². The summed E-state index contributed by atoms with van der Waals surface area (Å²) in [5.74, 6) is 0.229. The number of carbonyl (C=O) groups excluding carboxylic acids is 1. The Kier molecular flexibility index (Phi) is 2.85. The average molecular weight is 171 g/mol. The molecular weight excluding hydrogens is 154 g/mol. The molecule has 70 valence electrons. The van der Waals surface area contributed by atoms with Crippen LogP contribution >= 0.6 is 0 Å². The molecule has 0 unspecified atom stereocenters. The van der Waals surface area contributed by atoms with Crippen LogP contribution in [0.2, 0.25) is 0 Å². The molecule has 0 aromatic rings. The van der Waals surface area contributed by atoms with Gasteiger partial charge in [0.25, 0.3) is 0 Å². The van der Waals surface area contributed by atoms with E-state index in [0.29, 0.717) is 6.54 Å². The summed E-state index contributed by atoms with van der Waals surface area (Å²) >= 11 is 0. The molecule has 1 aliphatic rings. The summed E-state index contributed by atoms with van der Waals surface area (Å²) < 4.78 is 5.52. The fourth-order valence-corrected chi connectivity index (χ4v) is 1.56. The third kappa shape index (κ3) is 2.91. The molecule has 1 heterocycles. The molecule has 0 aromatic carbocycles. The molecule has 0 spiro atoms. The summed E-state index contributed by atoms with van der Waals surface area (Å²) in [6, 6.07) is 0. The minimum absolute atomic E-state index is 0.0896. The number of hydrogen-bond donors (Lipinski definition) is 0. The number of hydrogen-bond acceptors (Lipinski definition) is 3. The van der Waals surface area contributed by atoms with Gasteiger partial charge < -0.3 is 4.74 Å². The number of Topliss-reactive ketones (excluding diaryl/α,β-unsaturated/α-hetero) is 1. The highest BCUT2D eigenvalue weighted by atomic mass is 16.5. The number of rotatable bonds is 2. The highest BCUT2D eigenvalue weighted by molar-refractivity contribution is 5.77. The SMILES string of the molecule is CC(=O)CN1CCOC(C)(C)C1. The van der Waals surface area contributed by atoms with Gasteiger partial charge in [-0.2, -0.15) is 0 Å². The number of nitrogens with zero attached hydrogens (tertiary/aromatic N) is 1. The van der Waals surface area contributed by atoms with E-state index in [4.69, 9.17) is 4.74 Å². The van der Waals surface area contributed by atoms with Crippen LogP contribution in [-0.2, 0) is 9.53 Å². The van der Waals surface area contributed by atoms with Crippen LogP contribution in [0.25, 0.3) is 0 Å². The van der Waals surface area contributed by atoms with Crippen molar-refractivity contribution in [3.05, 3.63) is 0 Å². The molecule has 1 fully saturated rings. The second kappa shape index (κ2) is 3.54. The third-order valence-corrected chi connectivity index (χ3v) is 1.95. The Hall–Kier alpha value is -0.410. The van der Waals surface area contributed by atoms with Crippen molar-refractivity contribution in [2.45, 2.75) is 26.4 Å². The van der Waals surface area contributed by atoms with Gasteiger partial charge in [0.15, 0.2) is 0 Å². The lowest BCUT2D eigenvalue weighted by atomic mass is 10.1. The molecule has 0 bridgehead atoms. The van der Waals surface area contributed by atoms with Gasteiger partial charge in [0.2, 0.25) is 0 Å². The molecule has 0 saturated carbocycles. The van der Waals surface area contributed by atoms with Gasteiger partial charge in [-0.25, -0.2) is 0 Å². The molecule has 0 N–H and O–H groups in total. The van der Waals surface area contributed by atoms with Crippen molar-refractivity contribution >= 4 is 5.78 Å². The van der Waals surface area contributed by atoms with Gasteiger partial charge in [0, 0.05) is 13.1 Å². The largest absolute Gasteiger partial charge is 0.373 e. The monoisotopic (exact) mass is 171 g/mol. The van der Waals surface area contributed by atoms with E-state index in [0.717, 1.165) is 19.7 Å². The summed E-state index contributed by atoms with van der Waals surface area (Å²) in [5, 5.41) is 0. The number of ketones is 1. The Morgan fingerprint density at radius 2 is 2.25 bits per heavy atom. The first-order valence-electron chi connectivity index (χ1n) is 4.35. The van der Waals surface area contributed by atoms with Gasteiger partial charge in [0.05, 0.1) is 18.8 Å². The van der Waals surface area contributed by atoms with Crippen LogP contribution in [0.15, 0.2) is 0 Å². The van der Waals surface area contributed by atoms with Crippen molar-refractivity contribution in [1.29, 1.82) is 0 Å². The Labute approximate surface area is 73.7 Å². The van der Waals surface area contributed by atoms with Gasteiger partial charge in [0.1, 0.15) is 5.78 Å². The van der Waals surface area contributed by atoms with Crippen LogP contribution in [0.4, 0.5) is 0 Å². The zero-order valence-corrected chi connectivity index (χ0v) is 8.09. The predicted molar refractivity (Wildman–Crippen MR) is 47.2 cm³/mol. The Bertz CT molecular complexity index is 177. The van der Waals surface area contributed by atoms with Crippen LogP contribution < -0.4 is 0 Å². The van der Waals surface area contributed by atoms with Crippen LogP contribution in [0.5, 0.6) is 0 Å². The second-order valence-corrected chi connectivity index (χ2v) is 4.02. The third-order valence-electron chi connectivity index (χ3n) is 1.95. The van der Waals surface area contributed by atoms with Crippen molar-refractivity contribution < 1.29 is 9.53 Å². The van der Waals surface area contributed by atoms with Crippen molar-refractivity contribution in [2.24, 2.45) is 0 Å². The molecule has 1 saturated heterocycles. The summed E-state index contributed by atoms with van der Waals surface area (Å²) in [6.45, 7) is 8.77. The molecule has 3 nitrogen and oxygen atoms in total. The van der Waals surface area contributed by atoms with E-state index in [-0.39, 0.29) is 11.4 Å². The topological polar surface area (TPSA) is 29.5 Å². The van der Waals surface area contributed by atoms with Gasteiger partial charge in [-0.1, -0.05) is 0 Å². The second-order valence-electron chi connectivity index (χ2n) is 4.02. The van der Waals surface area contributed by atoms with E-state index < -0.39 is 0 Å². The first-order chi connectivity index (χ1) is 5.49. The predicted octanol–water partition coefficient (Wildman–Crippen LogP) is 0.686. The summed E-state index contributed by atoms with van der Waals surface area (Å²) in [7, 11) is 0. The molecule has 12 heavy (non-hydrogen) atoms. The van der Waals surface area contributed by atoms with E-state index in [1.54, 1.807) is 6.92 Å². The molecule has 0 amide bonds. The zero-order chi connectivity index (χ0) is 9.19. The fourth-order valence-electron chi connectivity index (χ4n) is 1.56. The lowest BCUT2D eigenvalue weighted by Crippen LogP contribution is -2.49. The molecular formula is C9H17NO2. The first-order valence-corrected chi connectivity index (χ1v) is 4.35.